The van der Waals surface area contributed by atoms with Gasteiger partial charge in [-0.1, -0.05) is 0 Å². The predicted molar refractivity (Wildman–Crippen MR) is 51.1 cm³/mol. The molecule has 5 nitrogen and oxygen atoms in total. The number of carboxylic acid groups (broad SMARTS) is 1. The van der Waals surface area contributed by atoms with E-state index < -0.39 is 31.8 Å². The Kier molecular flexibility index (Phi) is 3.06. The molecule has 17 heavy (non-hydrogen) atoms. The van der Waals surface area contributed by atoms with E-state index in [4.69, 9.17) is 10.8 Å². The van der Waals surface area contributed by atoms with Gasteiger partial charge in [-0.15, -0.1) is 0 Å². The van der Waals surface area contributed by atoms with Gasteiger partial charge in [0.1, 0.15) is 0 Å². The SMILES string of the molecule is Nc1ccc(S(=O)(=O)C(F)(F)F)cc1C(=O)O. The van der Waals surface area contributed by atoms with E-state index in [2.05, 4.69) is 0 Å². The van der Waals surface area contributed by atoms with Crippen molar-refractivity contribution >= 4 is 21.5 Å². The summed E-state index contributed by atoms with van der Waals surface area (Å²) in [6.07, 6.45) is 0. The van der Waals surface area contributed by atoms with Crippen LogP contribution in [0.2, 0.25) is 0 Å². The number of carboxylic acids is 1. The maximum absolute atomic E-state index is 12.2. The van der Waals surface area contributed by atoms with Crippen molar-refractivity contribution in [2.75, 3.05) is 5.73 Å². The normalized spacial score (nSPS) is 12.4. The van der Waals surface area contributed by atoms with Gasteiger partial charge in [0.25, 0.3) is 9.84 Å². The summed E-state index contributed by atoms with van der Waals surface area (Å²) in [5, 5.41) is 8.60. The molecule has 0 unspecified atom stereocenters. The van der Waals surface area contributed by atoms with Crippen LogP contribution in [0.25, 0.3) is 0 Å². The Labute approximate surface area is 93.6 Å². The molecule has 0 fully saturated rings. The number of carbonyl (C=O) groups is 1. The zero-order valence-corrected chi connectivity index (χ0v) is 8.84. The van der Waals surface area contributed by atoms with E-state index >= 15 is 0 Å². The summed E-state index contributed by atoms with van der Waals surface area (Å²) >= 11 is 0. The van der Waals surface area contributed by atoms with Crippen LogP contribution in [0.5, 0.6) is 0 Å². The van der Waals surface area contributed by atoms with Gasteiger partial charge in [-0.2, -0.15) is 13.2 Å². The quantitative estimate of drug-likeness (QED) is 0.788. The minimum Gasteiger partial charge on any atom is -0.478 e. The number of alkyl halides is 3. The van der Waals surface area contributed by atoms with Crippen molar-refractivity contribution in [1.29, 1.82) is 0 Å². The van der Waals surface area contributed by atoms with Crippen LogP contribution >= 0.6 is 0 Å². The van der Waals surface area contributed by atoms with Gasteiger partial charge < -0.3 is 10.8 Å². The topological polar surface area (TPSA) is 97.5 Å². The summed E-state index contributed by atoms with van der Waals surface area (Å²) in [7, 11) is -5.57. The first-order valence-electron chi connectivity index (χ1n) is 4.01. The lowest BCUT2D eigenvalue weighted by atomic mass is 10.2. The van der Waals surface area contributed by atoms with Crippen molar-refractivity contribution in [2.24, 2.45) is 0 Å². The number of rotatable bonds is 2. The van der Waals surface area contributed by atoms with Gasteiger partial charge in [-0.25, -0.2) is 13.2 Å². The molecule has 3 N–H and O–H groups in total. The number of sulfone groups is 1. The Bertz CT molecular complexity index is 565. The first kappa shape index (κ1) is 13.3. The third-order valence-electron chi connectivity index (χ3n) is 1.87. The molecule has 0 spiro atoms. The first-order chi connectivity index (χ1) is 7.57. The number of hydrogen-bond acceptors (Lipinski definition) is 4. The molecule has 0 radical (unpaired) electrons. The van der Waals surface area contributed by atoms with Gasteiger partial charge >= 0.3 is 11.5 Å². The average Bonchev–Trinajstić information content (AvgIpc) is 2.15. The molecule has 0 amide bonds. The Balaban J connectivity index is 3.46. The summed E-state index contributed by atoms with van der Waals surface area (Å²) in [5.74, 6) is -1.61. The molecule has 0 saturated carbocycles. The summed E-state index contributed by atoms with van der Waals surface area (Å²) in [4.78, 5) is 9.44. The van der Waals surface area contributed by atoms with Crippen LogP contribution < -0.4 is 5.73 Å². The second-order valence-corrected chi connectivity index (χ2v) is 4.94. The maximum atomic E-state index is 12.2. The summed E-state index contributed by atoms with van der Waals surface area (Å²) in [5.41, 5.74) is -1.32. The predicted octanol–water partition coefficient (Wildman–Crippen LogP) is 1.26. The molecule has 1 aromatic rings. The molecule has 0 aromatic heterocycles. The standard InChI is InChI=1S/C8H6F3NO4S/c9-8(10,11)17(15,16)4-1-2-6(12)5(3-4)7(13)14/h1-3H,12H2,(H,13,14). The third-order valence-corrected chi connectivity index (χ3v) is 3.35. The Morgan fingerprint density at radius 1 is 1.29 bits per heavy atom. The zero-order valence-electron chi connectivity index (χ0n) is 8.02. The molecule has 1 rings (SSSR count). The molecule has 0 atom stereocenters. The van der Waals surface area contributed by atoms with Gasteiger partial charge in [0.2, 0.25) is 0 Å². The molecular weight excluding hydrogens is 263 g/mol. The second-order valence-electron chi connectivity index (χ2n) is 3.00. The number of aromatic carboxylic acids is 1. The molecule has 9 heteroatoms. The van der Waals surface area contributed by atoms with Crippen molar-refractivity contribution < 1.29 is 31.5 Å². The molecule has 0 saturated heterocycles. The molecule has 94 valence electrons. The summed E-state index contributed by atoms with van der Waals surface area (Å²) in [6, 6.07) is 1.77. The smallest absolute Gasteiger partial charge is 0.478 e. The molecule has 0 aliphatic heterocycles. The van der Waals surface area contributed by atoms with E-state index in [9.17, 15) is 26.4 Å². The van der Waals surface area contributed by atoms with Crippen LogP contribution in [0, 0.1) is 0 Å². The van der Waals surface area contributed by atoms with Crippen LogP contribution in [0.15, 0.2) is 23.1 Å². The van der Waals surface area contributed by atoms with E-state index in [1.807, 2.05) is 0 Å². The Morgan fingerprint density at radius 3 is 2.24 bits per heavy atom. The molecule has 0 heterocycles. The fourth-order valence-corrected chi connectivity index (χ4v) is 1.81. The van der Waals surface area contributed by atoms with Gasteiger partial charge in [0.15, 0.2) is 0 Å². The average molecular weight is 269 g/mol. The number of nitrogen functional groups attached to an aromatic ring is 1. The molecule has 1 aromatic carbocycles. The van der Waals surface area contributed by atoms with Gasteiger partial charge in [-0.05, 0) is 18.2 Å². The van der Waals surface area contributed by atoms with Crippen LogP contribution in [0.1, 0.15) is 10.4 Å². The third kappa shape index (κ3) is 2.33. The lowest BCUT2D eigenvalue weighted by Gasteiger charge is -2.09. The fraction of sp³-hybridized carbons (Fsp3) is 0.125. The monoisotopic (exact) mass is 269 g/mol. The lowest BCUT2D eigenvalue weighted by Crippen LogP contribution is -2.23. The van der Waals surface area contributed by atoms with Crippen molar-refractivity contribution in [3.63, 3.8) is 0 Å². The number of hydrogen-bond donors (Lipinski definition) is 2. The Morgan fingerprint density at radius 2 is 1.82 bits per heavy atom. The van der Waals surface area contributed by atoms with Crippen molar-refractivity contribution in [3.8, 4) is 0 Å². The van der Waals surface area contributed by atoms with E-state index in [1.165, 1.54) is 0 Å². The van der Waals surface area contributed by atoms with Crippen molar-refractivity contribution in [3.05, 3.63) is 23.8 Å². The molecule has 0 aliphatic carbocycles. The summed E-state index contributed by atoms with van der Waals surface area (Å²) in [6.45, 7) is 0. The number of benzene rings is 1. The number of nitrogens with two attached hydrogens (primary N) is 1. The van der Waals surface area contributed by atoms with E-state index in [1.54, 1.807) is 0 Å². The van der Waals surface area contributed by atoms with Gasteiger partial charge in [0, 0.05) is 5.69 Å². The zero-order chi connectivity index (χ0) is 13.4. The van der Waals surface area contributed by atoms with Crippen LogP contribution in [-0.4, -0.2) is 25.0 Å². The highest BCUT2D eigenvalue weighted by Crippen LogP contribution is 2.31. The summed E-state index contributed by atoms with van der Waals surface area (Å²) < 4.78 is 58.5. The van der Waals surface area contributed by atoms with Gasteiger partial charge in [0.05, 0.1) is 10.5 Å². The lowest BCUT2D eigenvalue weighted by molar-refractivity contribution is -0.0436. The number of halogens is 3. The van der Waals surface area contributed by atoms with E-state index in [0.29, 0.717) is 12.1 Å². The molecule has 0 bridgehead atoms. The maximum Gasteiger partial charge on any atom is 0.501 e. The number of anilines is 1. The van der Waals surface area contributed by atoms with E-state index in [0.717, 1.165) is 6.07 Å². The highest BCUT2D eigenvalue weighted by molar-refractivity contribution is 7.92. The minimum atomic E-state index is -5.57. The first-order valence-corrected chi connectivity index (χ1v) is 5.50. The van der Waals surface area contributed by atoms with Crippen LogP contribution in [-0.2, 0) is 9.84 Å². The van der Waals surface area contributed by atoms with Crippen molar-refractivity contribution in [2.45, 2.75) is 10.4 Å². The van der Waals surface area contributed by atoms with Crippen LogP contribution in [0.4, 0.5) is 18.9 Å². The second kappa shape index (κ2) is 3.91. The highest BCUT2D eigenvalue weighted by atomic mass is 32.2. The van der Waals surface area contributed by atoms with Crippen LogP contribution in [0.3, 0.4) is 0 Å². The Hall–Kier alpha value is -1.77. The minimum absolute atomic E-state index is 0.321. The van der Waals surface area contributed by atoms with Gasteiger partial charge in [-0.3, -0.25) is 0 Å². The fourth-order valence-electron chi connectivity index (χ4n) is 1.02. The highest BCUT2D eigenvalue weighted by Gasteiger charge is 2.47. The van der Waals surface area contributed by atoms with Crippen molar-refractivity contribution in [1.82, 2.24) is 0 Å². The molecule has 0 aliphatic rings. The molecular formula is C8H6F3NO4S. The largest absolute Gasteiger partial charge is 0.501 e. The van der Waals surface area contributed by atoms with E-state index in [-0.39, 0.29) is 5.69 Å².